The molecule has 1 heterocycles. The fourth-order valence-corrected chi connectivity index (χ4v) is 4.21. The number of anilines is 1. The molecular formula is C22H23BrN2O3. The van der Waals surface area contributed by atoms with Crippen LogP contribution in [0.25, 0.3) is 0 Å². The second-order valence-corrected chi connectivity index (χ2v) is 8.26. The molecule has 2 aromatic carbocycles. The molecule has 1 aliphatic heterocycles. The van der Waals surface area contributed by atoms with Crippen molar-refractivity contribution in [2.24, 2.45) is 5.92 Å². The summed E-state index contributed by atoms with van der Waals surface area (Å²) < 4.78 is 6.08. The zero-order valence-electron chi connectivity index (χ0n) is 15.8. The van der Waals surface area contributed by atoms with E-state index >= 15 is 0 Å². The predicted octanol–water partition coefficient (Wildman–Crippen LogP) is 4.00. The van der Waals surface area contributed by atoms with Gasteiger partial charge < -0.3 is 14.5 Å². The number of nitrogens with zero attached hydrogens (tertiary/aromatic N) is 2. The van der Waals surface area contributed by atoms with Crippen molar-refractivity contribution in [2.45, 2.75) is 31.8 Å². The van der Waals surface area contributed by atoms with Crippen molar-refractivity contribution in [3.05, 3.63) is 58.6 Å². The average Bonchev–Trinajstić information content (AvgIpc) is 3.48. The molecule has 146 valence electrons. The molecule has 1 saturated carbocycles. The van der Waals surface area contributed by atoms with E-state index in [-0.39, 0.29) is 24.2 Å². The van der Waals surface area contributed by atoms with Crippen molar-refractivity contribution in [1.82, 2.24) is 4.90 Å². The summed E-state index contributed by atoms with van der Waals surface area (Å²) in [5.74, 6) is 0.601. The van der Waals surface area contributed by atoms with Crippen LogP contribution in [0.4, 0.5) is 5.69 Å². The minimum absolute atomic E-state index is 0.00504. The highest BCUT2D eigenvalue weighted by Crippen LogP contribution is 2.35. The minimum Gasteiger partial charge on any atom is -0.497 e. The summed E-state index contributed by atoms with van der Waals surface area (Å²) >= 11 is 3.51. The van der Waals surface area contributed by atoms with Gasteiger partial charge in [-0.3, -0.25) is 9.59 Å². The fourth-order valence-electron chi connectivity index (χ4n) is 3.71. The van der Waals surface area contributed by atoms with E-state index in [4.69, 9.17) is 4.74 Å². The van der Waals surface area contributed by atoms with Gasteiger partial charge in [0, 0.05) is 30.0 Å². The van der Waals surface area contributed by atoms with Gasteiger partial charge in [0.25, 0.3) is 0 Å². The van der Waals surface area contributed by atoms with Gasteiger partial charge in [-0.1, -0.05) is 24.3 Å². The van der Waals surface area contributed by atoms with Gasteiger partial charge in [0.2, 0.25) is 11.8 Å². The van der Waals surface area contributed by atoms with Crippen LogP contribution in [0.3, 0.4) is 0 Å². The monoisotopic (exact) mass is 442 g/mol. The first kappa shape index (κ1) is 19.0. The second-order valence-electron chi connectivity index (χ2n) is 7.40. The lowest BCUT2D eigenvalue weighted by Gasteiger charge is -2.26. The summed E-state index contributed by atoms with van der Waals surface area (Å²) in [6, 6.07) is 15.8. The van der Waals surface area contributed by atoms with Crippen molar-refractivity contribution < 1.29 is 14.3 Å². The third-order valence-electron chi connectivity index (χ3n) is 5.40. The summed E-state index contributed by atoms with van der Waals surface area (Å²) in [6.45, 7) is 1.01. The number of benzene rings is 2. The van der Waals surface area contributed by atoms with E-state index in [0.717, 1.165) is 34.3 Å². The number of methoxy groups -OCH3 is 1. The standard InChI is InChI=1S/C22H23BrN2O3/c1-28-18-10-6-15(7-11-18)13-24(17-8-9-17)22(27)16-12-21(26)25(14-16)20-5-3-2-4-19(20)23/h2-7,10-11,16-17H,8-9,12-14H2,1H3/t16-/m0/s1. The van der Waals surface area contributed by atoms with Crippen LogP contribution in [-0.4, -0.2) is 36.4 Å². The Kier molecular flexibility index (Phi) is 5.40. The van der Waals surface area contributed by atoms with E-state index in [1.54, 1.807) is 12.0 Å². The van der Waals surface area contributed by atoms with Crippen LogP contribution in [0.2, 0.25) is 0 Å². The number of hydrogen-bond acceptors (Lipinski definition) is 3. The topological polar surface area (TPSA) is 49.9 Å². The number of para-hydroxylation sites is 1. The molecule has 0 aromatic heterocycles. The van der Waals surface area contributed by atoms with Gasteiger partial charge in [-0.25, -0.2) is 0 Å². The molecule has 0 bridgehead atoms. The molecule has 28 heavy (non-hydrogen) atoms. The fraction of sp³-hybridized carbons (Fsp3) is 0.364. The normalized spacial score (nSPS) is 19.0. The van der Waals surface area contributed by atoms with Crippen LogP contribution in [0, 0.1) is 5.92 Å². The van der Waals surface area contributed by atoms with Crippen molar-refractivity contribution >= 4 is 33.4 Å². The third kappa shape index (κ3) is 3.92. The van der Waals surface area contributed by atoms with E-state index in [1.165, 1.54) is 0 Å². The average molecular weight is 443 g/mol. The number of carbonyl (C=O) groups is 2. The van der Waals surface area contributed by atoms with Crippen LogP contribution in [0.15, 0.2) is 53.0 Å². The van der Waals surface area contributed by atoms with E-state index in [0.29, 0.717) is 19.1 Å². The Labute approximate surface area is 173 Å². The van der Waals surface area contributed by atoms with E-state index in [2.05, 4.69) is 15.9 Å². The number of ether oxygens (including phenoxy) is 1. The summed E-state index contributed by atoms with van der Waals surface area (Å²) in [6.07, 6.45) is 2.35. The lowest BCUT2D eigenvalue weighted by Crippen LogP contribution is -2.38. The molecule has 4 rings (SSSR count). The summed E-state index contributed by atoms with van der Waals surface area (Å²) in [5, 5.41) is 0. The Morgan fingerprint density at radius 1 is 1.18 bits per heavy atom. The maximum Gasteiger partial charge on any atom is 0.228 e. The molecule has 6 heteroatoms. The van der Waals surface area contributed by atoms with Gasteiger partial charge in [0.1, 0.15) is 5.75 Å². The van der Waals surface area contributed by atoms with Gasteiger partial charge in [-0.05, 0) is 58.6 Å². The van der Waals surface area contributed by atoms with Crippen molar-refractivity contribution in [3.8, 4) is 5.75 Å². The van der Waals surface area contributed by atoms with Gasteiger partial charge in [0.15, 0.2) is 0 Å². The van der Waals surface area contributed by atoms with Gasteiger partial charge in [-0.2, -0.15) is 0 Å². The largest absolute Gasteiger partial charge is 0.497 e. The predicted molar refractivity (Wildman–Crippen MR) is 111 cm³/mol. The molecule has 2 fully saturated rings. The molecule has 1 aliphatic carbocycles. The Morgan fingerprint density at radius 2 is 1.89 bits per heavy atom. The highest BCUT2D eigenvalue weighted by molar-refractivity contribution is 9.10. The highest BCUT2D eigenvalue weighted by Gasteiger charge is 2.41. The number of amides is 2. The zero-order chi connectivity index (χ0) is 19.7. The maximum absolute atomic E-state index is 13.3. The molecule has 2 aliphatic rings. The molecule has 2 aromatic rings. The summed E-state index contributed by atoms with van der Waals surface area (Å²) in [7, 11) is 1.64. The van der Waals surface area contributed by atoms with Gasteiger partial charge in [-0.15, -0.1) is 0 Å². The molecule has 5 nitrogen and oxygen atoms in total. The van der Waals surface area contributed by atoms with Crippen molar-refractivity contribution in [3.63, 3.8) is 0 Å². The Bertz CT molecular complexity index is 880. The highest BCUT2D eigenvalue weighted by atomic mass is 79.9. The lowest BCUT2D eigenvalue weighted by atomic mass is 10.1. The number of rotatable bonds is 6. The quantitative estimate of drug-likeness (QED) is 0.678. The van der Waals surface area contributed by atoms with Crippen molar-refractivity contribution in [1.29, 1.82) is 0 Å². The summed E-state index contributed by atoms with van der Waals surface area (Å²) in [4.78, 5) is 29.6. The molecule has 1 saturated heterocycles. The molecule has 2 amide bonds. The lowest BCUT2D eigenvalue weighted by molar-refractivity contribution is -0.137. The first-order chi connectivity index (χ1) is 13.6. The van der Waals surface area contributed by atoms with Gasteiger partial charge >= 0.3 is 0 Å². The van der Waals surface area contributed by atoms with Crippen LogP contribution >= 0.6 is 15.9 Å². The first-order valence-corrected chi connectivity index (χ1v) is 10.3. The molecule has 1 atom stereocenters. The maximum atomic E-state index is 13.3. The molecule has 0 unspecified atom stereocenters. The SMILES string of the molecule is COc1ccc(CN(C(=O)[C@H]2CC(=O)N(c3ccccc3Br)C2)C2CC2)cc1. The van der Waals surface area contributed by atoms with Crippen LogP contribution < -0.4 is 9.64 Å². The van der Waals surface area contributed by atoms with E-state index < -0.39 is 0 Å². The number of hydrogen-bond donors (Lipinski definition) is 0. The smallest absolute Gasteiger partial charge is 0.228 e. The Morgan fingerprint density at radius 3 is 2.54 bits per heavy atom. The van der Waals surface area contributed by atoms with Crippen molar-refractivity contribution in [2.75, 3.05) is 18.6 Å². The molecule has 0 radical (unpaired) electrons. The molecular weight excluding hydrogens is 420 g/mol. The van der Waals surface area contributed by atoms with Crippen LogP contribution in [0.5, 0.6) is 5.75 Å². The first-order valence-electron chi connectivity index (χ1n) is 9.55. The minimum atomic E-state index is -0.293. The number of halogens is 1. The van der Waals surface area contributed by atoms with E-state index in [9.17, 15) is 9.59 Å². The molecule has 0 spiro atoms. The number of carbonyl (C=O) groups excluding carboxylic acids is 2. The van der Waals surface area contributed by atoms with E-state index in [1.807, 2.05) is 53.4 Å². The molecule has 0 N–H and O–H groups in total. The summed E-state index contributed by atoms with van der Waals surface area (Å²) in [5.41, 5.74) is 1.91. The van der Waals surface area contributed by atoms with Crippen LogP contribution in [0.1, 0.15) is 24.8 Å². The third-order valence-corrected chi connectivity index (χ3v) is 6.07. The second kappa shape index (κ2) is 7.95. The Balaban J connectivity index is 1.48. The zero-order valence-corrected chi connectivity index (χ0v) is 17.4. The van der Waals surface area contributed by atoms with Crippen LogP contribution in [-0.2, 0) is 16.1 Å². The Hall–Kier alpha value is -2.34. The van der Waals surface area contributed by atoms with Gasteiger partial charge in [0.05, 0.1) is 18.7 Å².